The van der Waals surface area contributed by atoms with Crippen LogP contribution in [0.2, 0.25) is 0 Å². The Bertz CT molecular complexity index is 987. The summed E-state index contributed by atoms with van der Waals surface area (Å²) in [7, 11) is 0. The molecular formula is C22H22N4O2S. The molecule has 0 spiro atoms. The molecular weight excluding hydrogens is 384 g/mol. The number of amides is 2. The third-order valence-electron chi connectivity index (χ3n) is 4.87. The summed E-state index contributed by atoms with van der Waals surface area (Å²) in [5, 5.41) is 6.26. The highest BCUT2D eigenvalue weighted by Crippen LogP contribution is 2.14. The van der Waals surface area contributed by atoms with Crippen LogP contribution < -0.4 is 0 Å². The van der Waals surface area contributed by atoms with Gasteiger partial charge in [0, 0.05) is 44.0 Å². The van der Waals surface area contributed by atoms with Crippen LogP contribution in [0.3, 0.4) is 0 Å². The van der Waals surface area contributed by atoms with E-state index in [9.17, 15) is 9.59 Å². The van der Waals surface area contributed by atoms with Crippen LogP contribution in [0, 0.1) is 0 Å². The van der Waals surface area contributed by atoms with Gasteiger partial charge in [-0.25, -0.2) is 0 Å². The minimum atomic E-state index is -0.0379. The first-order chi connectivity index (χ1) is 14.2. The normalized spacial score (nSPS) is 14.5. The van der Waals surface area contributed by atoms with Crippen LogP contribution in [0.1, 0.15) is 20.8 Å². The van der Waals surface area contributed by atoms with Crippen LogP contribution in [-0.4, -0.2) is 57.6 Å². The number of nitrogens with zero attached hydrogens (tertiary/aromatic N) is 4. The van der Waals surface area contributed by atoms with Crippen molar-refractivity contribution in [2.24, 2.45) is 0 Å². The molecule has 1 aromatic carbocycles. The van der Waals surface area contributed by atoms with Crippen LogP contribution in [-0.2, 0) is 11.3 Å². The molecule has 6 nitrogen and oxygen atoms in total. The standard InChI is InChI=1S/C22H22N4O2S/c27-21(24-10-12-25(13-11-24)22(28)20-7-4-14-29-20)9-8-19-15-23-26(17-19)16-18-5-2-1-3-6-18/h1-9,14-15,17H,10-13,16H2/b9-8+. The van der Waals surface area contributed by atoms with Gasteiger partial charge in [-0.3, -0.25) is 14.3 Å². The maximum Gasteiger partial charge on any atom is 0.264 e. The van der Waals surface area contributed by atoms with Crippen molar-refractivity contribution in [2.75, 3.05) is 26.2 Å². The second kappa shape index (κ2) is 8.87. The van der Waals surface area contributed by atoms with Gasteiger partial charge in [0.2, 0.25) is 5.91 Å². The van der Waals surface area contributed by atoms with Crippen LogP contribution in [0.25, 0.3) is 6.08 Å². The Morgan fingerprint density at radius 3 is 2.48 bits per heavy atom. The van der Waals surface area contributed by atoms with Crippen molar-refractivity contribution in [1.29, 1.82) is 0 Å². The molecule has 7 heteroatoms. The van der Waals surface area contributed by atoms with Gasteiger partial charge in [-0.05, 0) is 23.1 Å². The van der Waals surface area contributed by atoms with Crippen LogP contribution in [0.4, 0.5) is 0 Å². The first kappa shape index (κ1) is 19.1. The summed E-state index contributed by atoms with van der Waals surface area (Å²) >= 11 is 1.45. The number of thiophene rings is 1. The number of aromatic nitrogens is 2. The average Bonchev–Trinajstić information content (AvgIpc) is 3.45. The van der Waals surface area contributed by atoms with Crippen molar-refractivity contribution in [3.63, 3.8) is 0 Å². The van der Waals surface area contributed by atoms with E-state index >= 15 is 0 Å². The summed E-state index contributed by atoms with van der Waals surface area (Å²) in [5.74, 6) is 0.0116. The molecule has 4 rings (SSSR count). The van der Waals surface area contributed by atoms with Gasteiger partial charge in [-0.15, -0.1) is 11.3 Å². The topological polar surface area (TPSA) is 58.4 Å². The SMILES string of the molecule is O=C(/C=C/c1cnn(Cc2ccccc2)c1)N1CCN(C(=O)c2cccs2)CC1. The number of hydrogen-bond donors (Lipinski definition) is 0. The van der Waals surface area contributed by atoms with E-state index in [1.54, 1.807) is 23.2 Å². The number of carbonyl (C=O) groups excluding carboxylic acids is 2. The highest BCUT2D eigenvalue weighted by molar-refractivity contribution is 7.12. The zero-order valence-electron chi connectivity index (χ0n) is 16.0. The van der Waals surface area contributed by atoms with Crippen molar-refractivity contribution < 1.29 is 9.59 Å². The maximum absolute atomic E-state index is 12.5. The second-order valence-electron chi connectivity index (χ2n) is 6.88. The molecule has 0 atom stereocenters. The van der Waals surface area contributed by atoms with Gasteiger partial charge in [0.15, 0.2) is 0 Å². The number of carbonyl (C=O) groups is 2. The van der Waals surface area contributed by atoms with Crippen molar-refractivity contribution in [3.05, 3.63) is 82.3 Å². The number of rotatable bonds is 5. The molecule has 1 aliphatic rings. The Hall–Kier alpha value is -3.19. The van der Waals surface area contributed by atoms with E-state index in [0.717, 1.165) is 10.4 Å². The molecule has 1 saturated heterocycles. The number of piperazine rings is 1. The van der Waals surface area contributed by atoms with Crippen molar-refractivity contribution in [2.45, 2.75) is 6.54 Å². The molecule has 0 unspecified atom stereocenters. The molecule has 2 aromatic heterocycles. The summed E-state index contributed by atoms with van der Waals surface area (Å²) in [6.07, 6.45) is 7.05. The van der Waals surface area contributed by atoms with Gasteiger partial charge in [0.1, 0.15) is 0 Å². The molecule has 0 radical (unpaired) electrons. The monoisotopic (exact) mass is 406 g/mol. The van der Waals surface area contributed by atoms with E-state index in [0.29, 0.717) is 32.7 Å². The fourth-order valence-corrected chi connectivity index (χ4v) is 3.97. The highest BCUT2D eigenvalue weighted by atomic mass is 32.1. The Morgan fingerprint density at radius 1 is 1.00 bits per heavy atom. The summed E-state index contributed by atoms with van der Waals surface area (Å²) in [6.45, 7) is 2.92. The summed E-state index contributed by atoms with van der Waals surface area (Å²) in [5.41, 5.74) is 2.07. The van der Waals surface area contributed by atoms with Gasteiger partial charge in [0.05, 0.1) is 17.6 Å². The van der Waals surface area contributed by atoms with E-state index in [2.05, 4.69) is 17.2 Å². The molecule has 29 heavy (non-hydrogen) atoms. The van der Waals surface area contributed by atoms with Crippen LogP contribution >= 0.6 is 11.3 Å². The summed E-state index contributed by atoms with van der Waals surface area (Å²) < 4.78 is 1.86. The third-order valence-corrected chi connectivity index (χ3v) is 5.73. The first-order valence-corrected chi connectivity index (χ1v) is 10.4. The van der Waals surface area contributed by atoms with Gasteiger partial charge < -0.3 is 9.80 Å². The fourth-order valence-electron chi connectivity index (χ4n) is 3.28. The highest BCUT2D eigenvalue weighted by Gasteiger charge is 2.24. The number of hydrogen-bond acceptors (Lipinski definition) is 4. The van der Waals surface area contributed by atoms with Crippen molar-refractivity contribution >= 4 is 29.2 Å². The van der Waals surface area contributed by atoms with Crippen LogP contribution in [0.15, 0.2) is 66.3 Å². The van der Waals surface area contributed by atoms with Crippen molar-refractivity contribution in [3.8, 4) is 0 Å². The lowest BCUT2D eigenvalue weighted by molar-refractivity contribution is -0.127. The average molecular weight is 407 g/mol. The quantitative estimate of drug-likeness (QED) is 0.612. The molecule has 0 bridgehead atoms. The van der Waals surface area contributed by atoms with E-state index < -0.39 is 0 Å². The molecule has 0 aliphatic carbocycles. The minimum Gasteiger partial charge on any atom is -0.336 e. The van der Waals surface area contributed by atoms with E-state index in [4.69, 9.17) is 0 Å². The Labute approximate surface area is 173 Å². The predicted octanol–water partition coefficient (Wildman–Crippen LogP) is 2.99. The third kappa shape index (κ3) is 4.81. The zero-order valence-corrected chi connectivity index (χ0v) is 16.8. The molecule has 2 amide bonds. The molecule has 3 aromatic rings. The lowest BCUT2D eigenvalue weighted by atomic mass is 10.2. The molecule has 1 fully saturated rings. The molecule has 0 saturated carbocycles. The zero-order chi connectivity index (χ0) is 20.1. The molecule has 1 aliphatic heterocycles. The minimum absolute atomic E-state index is 0.0379. The van der Waals surface area contributed by atoms with Crippen LogP contribution in [0.5, 0.6) is 0 Å². The predicted molar refractivity (Wildman–Crippen MR) is 114 cm³/mol. The largest absolute Gasteiger partial charge is 0.336 e. The Kier molecular flexibility index (Phi) is 5.86. The Morgan fingerprint density at radius 2 is 1.76 bits per heavy atom. The Balaban J connectivity index is 1.29. The lowest BCUT2D eigenvalue weighted by Gasteiger charge is -2.34. The first-order valence-electron chi connectivity index (χ1n) is 9.55. The van der Waals surface area contributed by atoms with Gasteiger partial charge in [-0.1, -0.05) is 36.4 Å². The number of benzene rings is 1. The smallest absolute Gasteiger partial charge is 0.264 e. The lowest BCUT2D eigenvalue weighted by Crippen LogP contribution is -2.50. The van der Waals surface area contributed by atoms with E-state index in [-0.39, 0.29) is 11.8 Å². The van der Waals surface area contributed by atoms with Crippen molar-refractivity contribution in [1.82, 2.24) is 19.6 Å². The van der Waals surface area contributed by atoms with Gasteiger partial charge in [-0.2, -0.15) is 5.10 Å². The second-order valence-corrected chi connectivity index (χ2v) is 7.83. The summed E-state index contributed by atoms with van der Waals surface area (Å²) in [6, 6.07) is 13.8. The summed E-state index contributed by atoms with van der Waals surface area (Å²) in [4.78, 5) is 29.2. The molecule has 148 valence electrons. The molecule has 3 heterocycles. The fraction of sp³-hybridized carbons (Fsp3) is 0.227. The molecule has 0 N–H and O–H groups in total. The van der Waals surface area contributed by atoms with Gasteiger partial charge >= 0.3 is 0 Å². The maximum atomic E-state index is 12.5. The van der Waals surface area contributed by atoms with Gasteiger partial charge in [0.25, 0.3) is 5.91 Å². The van der Waals surface area contributed by atoms with E-state index in [1.165, 1.54) is 16.9 Å². The van der Waals surface area contributed by atoms with E-state index in [1.807, 2.05) is 51.5 Å².